The second-order valence-electron chi connectivity index (χ2n) is 6.93. The van der Waals surface area contributed by atoms with E-state index in [1.807, 2.05) is 16.8 Å². The molecule has 2 aliphatic rings. The molecular formula is C19H21BrN6O. The van der Waals surface area contributed by atoms with Crippen LogP contribution in [-0.2, 0) is 0 Å². The zero-order chi connectivity index (χ0) is 18.4. The Kier molecular flexibility index (Phi) is 4.17. The molecule has 7 nitrogen and oxygen atoms in total. The van der Waals surface area contributed by atoms with Crippen LogP contribution in [0.5, 0.6) is 5.75 Å². The highest BCUT2D eigenvalue weighted by molar-refractivity contribution is 9.10. The van der Waals surface area contributed by atoms with E-state index < -0.39 is 0 Å². The summed E-state index contributed by atoms with van der Waals surface area (Å²) in [6.45, 7) is 7.26. The number of halogens is 1. The number of piperazine rings is 1. The summed E-state index contributed by atoms with van der Waals surface area (Å²) in [6.07, 6.45) is 5.55. The van der Waals surface area contributed by atoms with Crippen LogP contribution in [-0.4, -0.2) is 58.1 Å². The van der Waals surface area contributed by atoms with Crippen molar-refractivity contribution >= 4 is 38.8 Å². The van der Waals surface area contributed by atoms with Gasteiger partial charge in [0.25, 0.3) is 0 Å². The van der Waals surface area contributed by atoms with E-state index in [0.29, 0.717) is 11.9 Å². The molecule has 0 spiro atoms. The number of ether oxygens (including phenoxy) is 1. The average Bonchev–Trinajstić information content (AvgIpc) is 3.15. The van der Waals surface area contributed by atoms with Crippen LogP contribution < -0.4 is 15.0 Å². The average molecular weight is 429 g/mol. The molecule has 0 unspecified atom stereocenters. The number of nitrogens with one attached hydrogen (secondary N) is 1. The number of aromatic nitrogens is 3. The Bertz CT molecular complexity index is 989. The number of hydrogen-bond acceptors (Lipinski definition) is 6. The number of benzene rings is 1. The van der Waals surface area contributed by atoms with Crippen molar-refractivity contribution in [3.8, 4) is 5.75 Å². The summed E-state index contributed by atoms with van der Waals surface area (Å²) < 4.78 is 8.79. The summed E-state index contributed by atoms with van der Waals surface area (Å²) in [7, 11) is 0. The summed E-state index contributed by atoms with van der Waals surface area (Å²) in [4.78, 5) is 13.9. The summed E-state index contributed by atoms with van der Waals surface area (Å²) in [5.74, 6) is 1.63. The largest absolute Gasteiger partial charge is 0.489 e. The van der Waals surface area contributed by atoms with E-state index in [1.54, 1.807) is 6.20 Å². The summed E-state index contributed by atoms with van der Waals surface area (Å²) in [5.41, 5.74) is 2.91. The van der Waals surface area contributed by atoms with Gasteiger partial charge in [-0.2, -0.15) is 0 Å². The SMILES string of the molecule is CCN1CCN2c3ccc(Nc4nc(Br)cn5ccnc45)cc3OC[C@H]2C1. The van der Waals surface area contributed by atoms with Gasteiger partial charge in [0.1, 0.15) is 17.0 Å². The van der Waals surface area contributed by atoms with Crippen LogP contribution in [0.15, 0.2) is 41.4 Å². The maximum absolute atomic E-state index is 6.10. The smallest absolute Gasteiger partial charge is 0.180 e. The first-order valence-corrected chi connectivity index (χ1v) is 10.0. The summed E-state index contributed by atoms with van der Waals surface area (Å²) >= 11 is 3.46. The van der Waals surface area contributed by atoms with Gasteiger partial charge in [-0.3, -0.25) is 4.90 Å². The fourth-order valence-electron chi connectivity index (χ4n) is 3.92. The Labute approximate surface area is 166 Å². The molecule has 1 N–H and O–H groups in total. The monoisotopic (exact) mass is 428 g/mol. The van der Waals surface area contributed by atoms with Gasteiger partial charge in [0.05, 0.1) is 11.7 Å². The van der Waals surface area contributed by atoms with Gasteiger partial charge in [-0.1, -0.05) is 6.92 Å². The number of nitrogens with zero attached hydrogens (tertiary/aromatic N) is 5. The third-order valence-electron chi connectivity index (χ3n) is 5.32. The van der Waals surface area contributed by atoms with Crippen molar-refractivity contribution in [1.82, 2.24) is 19.3 Å². The Morgan fingerprint density at radius 3 is 3.15 bits per heavy atom. The van der Waals surface area contributed by atoms with Gasteiger partial charge in [0.2, 0.25) is 0 Å². The van der Waals surface area contributed by atoms with Crippen LogP contribution in [0.4, 0.5) is 17.2 Å². The molecule has 2 aliphatic heterocycles. The minimum atomic E-state index is 0.432. The molecule has 8 heteroatoms. The van der Waals surface area contributed by atoms with Crippen molar-refractivity contribution in [2.75, 3.05) is 43.0 Å². The number of fused-ring (bicyclic) bond motifs is 4. The topological polar surface area (TPSA) is 57.9 Å². The van der Waals surface area contributed by atoms with Crippen molar-refractivity contribution < 1.29 is 4.74 Å². The van der Waals surface area contributed by atoms with Crippen molar-refractivity contribution in [3.05, 3.63) is 41.4 Å². The molecular weight excluding hydrogens is 408 g/mol. The second-order valence-corrected chi connectivity index (χ2v) is 7.74. The summed E-state index contributed by atoms with van der Waals surface area (Å²) in [6, 6.07) is 6.71. The van der Waals surface area contributed by atoms with Gasteiger partial charge in [0, 0.05) is 50.0 Å². The maximum atomic E-state index is 6.10. The van der Waals surface area contributed by atoms with E-state index in [-0.39, 0.29) is 0 Å². The van der Waals surface area contributed by atoms with E-state index in [2.05, 4.69) is 66.1 Å². The first-order chi connectivity index (χ1) is 13.2. The molecule has 0 bridgehead atoms. The fraction of sp³-hybridized carbons (Fsp3) is 0.368. The molecule has 1 aromatic carbocycles. The number of rotatable bonds is 3. The highest BCUT2D eigenvalue weighted by Crippen LogP contribution is 2.38. The van der Waals surface area contributed by atoms with Gasteiger partial charge in [-0.25, -0.2) is 9.97 Å². The predicted molar refractivity (Wildman–Crippen MR) is 109 cm³/mol. The molecule has 4 heterocycles. The Balaban J connectivity index is 1.43. The van der Waals surface area contributed by atoms with E-state index in [9.17, 15) is 0 Å². The van der Waals surface area contributed by atoms with Crippen LogP contribution in [0.1, 0.15) is 6.92 Å². The lowest BCUT2D eigenvalue weighted by molar-refractivity contribution is 0.172. The Hall–Kier alpha value is -2.32. The van der Waals surface area contributed by atoms with Crippen LogP contribution in [0.3, 0.4) is 0 Å². The molecule has 0 radical (unpaired) electrons. The fourth-order valence-corrected chi connectivity index (χ4v) is 4.32. The first kappa shape index (κ1) is 16.8. The van der Waals surface area contributed by atoms with E-state index in [0.717, 1.165) is 54.5 Å². The van der Waals surface area contributed by atoms with Gasteiger partial charge >= 0.3 is 0 Å². The summed E-state index contributed by atoms with van der Waals surface area (Å²) in [5, 5.41) is 3.38. The van der Waals surface area contributed by atoms with Gasteiger partial charge < -0.3 is 19.4 Å². The minimum Gasteiger partial charge on any atom is -0.489 e. The zero-order valence-corrected chi connectivity index (χ0v) is 16.7. The first-order valence-electron chi connectivity index (χ1n) is 9.23. The maximum Gasteiger partial charge on any atom is 0.180 e. The molecule has 3 aromatic rings. The molecule has 27 heavy (non-hydrogen) atoms. The molecule has 2 aromatic heterocycles. The zero-order valence-electron chi connectivity index (χ0n) is 15.1. The molecule has 0 saturated carbocycles. The van der Waals surface area contributed by atoms with E-state index in [1.165, 1.54) is 5.69 Å². The van der Waals surface area contributed by atoms with Crippen molar-refractivity contribution in [3.63, 3.8) is 0 Å². The Morgan fingerprint density at radius 2 is 2.26 bits per heavy atom. The highest BCUT2D eigenvalue weighted by Gasteiger charge is 2.32. The quantitative estimate of drug-likeness (QED) is 0.691. The number of imidazole rings is 1. The van der Waals surface area contributed by atoms with Crippen LogP contribution in [0.25, 0.3) is 5.65 Å². The van der Waals surface area contributed by atoms with Crippen molar-refractivity contribution in [2.24, 2.45) is 0 Å². The van der Waals surface area contributed by atoms with Gasteiger partial charge in [-0.05, 0) is 34.6 Å². The molecule has 1 fully saturated rings. The van der Waals surface area contributed by atoms with Crippen molar-refractivity contribution in [2.45, 2.75) is 13.0 Å². The van der Waals surface area contributed by atoms with Gasteiger partial charge in [0.15, 0.2) is 11.5 Å². The number of anilines is 3. The van der Waals surface area contributed by atoms with Crippen LogP contribution in [0.2, 0.25) is 0 Å². The van der Waals surface area contributed by atoms with Gasteiger partial charge in [-0.15, -0.1) is 0 Å². The second kappa shape index (κ2) is 6.69. The molecule has 0 amide bonds. The lowest BCUT2D eigenvalue weighted by atomic mass is 10.1. The van der Waals surface area contributed by atoms with E-state index in [4.69, 9.17) is 4.74 Å². The van der Waals surface area contributed by atoms with Crippen LogP contribution >= 0.6 is 15.9 Å². The van der Waals surface area contributed by atoms with E-state index >= 15 is 0 Å². The molecule has 1 atom stereocenters. The predicted octanol–water partition coefficient (Wildman–Crippen LogP) is 3.14. The molecule has 1 saturated heterocycles. The standard InChI is InChI=1S/C19H21BrN6O/c1-2-24-7-8-26-14(10-24)12-27-16-9-13(3-4-15(16)26)22-18-19-21-5-6-25(19)11-17(20)23-18/h3-6,9,11,14H,2,7-8,10,12H2,1H3,(H,22,23)/t14-/m1/s1. The third-order valence-corrected chi connectivity index (χ3v) is 5.70. The third kappa shape index (κ3) is 3.02. The lowest BCUT2D eigenvalue weighted by Crippen LogP contribution is -2.57. The molecule has 5 rings (SSSR count). The Morgan fingerprint density at radius 1 is 1.33 bits per heavy atom. The lowest BCUT2D eigenvalue weighted by Gasteiger charge is -2.45. The minimum absolute atomic E-state index is 0.432. The normalized spacial score (nSPS) is 19.5. The molecule has 0 aliphatic carbocycles. The van der Waals surface area contributed by atoms with Crippen molar-refractivity contribution in [1.29, 1.82) is 0 Å². The molecule has 140 valence electrons. The highest BCUT2D eigenvalue weighted by atomic mass is 79.9. The number of likely N-dealkylation sites (N-methyl/N-ethyl adjacent to an activating group) is 1. The van der Waals surface area contributed by atoms with Crippen LogP contribution in [0, 0.1) is 0 Å². The number of hydrogen-bond donors (Lipinski definition) is 1.